The molecule has 31 heavy (non-hydrogen) atoms. The van der Waals surface area contributed by atoms with Crippen molar-refractivity contribution in [3.63, 3.8) is 0 Å². The smallest absolute Gasteiger partial charge is 0.277 e. The van der Waals surface area contributed by atoms with Crippen LogP contribution in [0.25, 0.3) is 10.9 Å². The molecule has 0 bridgehead atoms. The topological polar surface area (TPSA) is 76.9 Å². The quantitative estimate of drug-likeness (QED) is 0.480. The van der Waals surface area contributed by atoms with Gasteiger partial charge in [-0.15, -0.1) is 5.10 Å². The first-order valence-corrected chi connectivity index (χ1v) is 10.4. The molecule has 6 nitrogen and oxygen atoms in total. The van der Waals surface area contributed by atoms with Crippen molar-refractivity contribution in [1.82, 2.24) is 20.3 Å². The minimum atomic E-state index is -0.251. The Balaban J connectivity index is 1.47. The number of carbonyl (C=O) groups is 1. The van der Waals surface area contributed by atoms with Gasteiger partial charge < -0.3 is 5.32 Å². The van der Waals surface area contributed by atoms with Crippen LogP contribution in [-0.2, 0) is 17.8 Å². The fraction of sp³-hybridized carbons (Fsp3) is 0.167. The molecule has 1 atom stereocenters. The Morgan fingerprint density at radius 3 is 2.45 bits per heavy atom. The number of halogens is 1. The zero-order valence-corrected chi connectivity index (χ0v) is 17.5. The van der Waals surface area contributed by atoms with E-state index in [0.717, 1.165) is 11.1 Å². The van der Waals surface area contributed by atoms with Crippen LogP contribution in [0.1, 0.15) is 23.6 Å². The van der Waals surface area contributed by atoms with Gasteiger partial charge in [0.05, 0.1) is 18.0 Å². The molecule has 0 spiro atoms. The molecule has 1 heterocycles. The molecule has 0 saturated carbocycles. The van der Waals surface area contributed by atoms with Gasteiger partial charge >= 0.3 is 0 Å². The van der Waals surface area contributed by atoms with Gasteiger partial charge in [0.1, 0.15) is 5.52 Å². The first kappa shape index (κ1) is 20.8. The molecule has 0 aliphatic rings. The van der Waals surface area contributed by atoms with Crippen LogP contribution in [0, 0.1) is 0 Å². The largest absolute Gasteiger partial charge is 0.349 e. The summed E-state index contributed by atoms with van der Waals surface area (Å²) >= 11 is 5.99. The molecule has 1 aromatic heterocycles. The fourth-order valence-corrected chi connectivity index (χ4v) is 3.56. The van der Waals surface area contributed by atoms with Crippen molar-refractivity contribution in [3.05, 3.63) is 105 Å². The van der Waals surface area contributed by atoms with E-state index in [1.165, 1.54) is 4.68 Å². The van der Waals surface area contributed by atoms with E-state index in [9.17, 15) is 9.59 Å². The average Bonchev–Trinajstić information content (AvgIpc) is 2.80. The van der Waals surface area contributed by atoms with E-state index in [0.29, 0.717) is 22.3 Å². The number of aryl methyl sites for hydroxylation is 1. The highest BCUT2D eigenvalue weighted by molar-refractivity contribution is 6.30. The lowest BCUT2D eigenvalue weighted by molar-refractivity contribution is -0.122. The van der Waals surface area contributed by atoms with Crippen molar-refractivity contribution in [2.24, 2.45) is 0 Å². The number of benzene rings is 3. The van der Waals surface area contributed by atoms with E-state index < -0.39 is 0 Å². The van der Waals surface area contributed by atoms with Crippen molar-refractivity contribution >= 4 is 28.4 Å². The second-order valence-corrected chi connectivity index (χ2v) is 7.68. The van der Waals surface area contributed by atoms with E-state index in [2.05, 4.69) is 15.6 Å². The van der Waals surface area contributed by atoms with Crippen molar-refractivity contribution in [3.8, 4) is 0 Å². The summed E-state index contributed by atoms with van der Waals surface area (Å²) in [6.45, 7) is 0.158. The lowest BCUT2D eigenvalue weighted by atomic mass is 9.98. The highest BCUT2D eigenvalue weighted by Crippen LogP contribution is 2.20. The maximum Gasteiger partial charge on any atom is 0.277 e. The van der Waals surface area contributed by atoms with Gasteiger partial charge in [0.2, 0.25) is 5.91 Å². The molecule has 0 fully saturated rings. The molecule has 1 unspecified atom stereocenters. The molecule has 4 aromatic rings. The predicted molar refractivity (Wildman–Crippen MR) is 121 cm³/mol. The number of rotatable bonds is 7. The summed E-state index contributed by atoms with van der Waals surface area (Å²) in [7, 11) is 0. The second-order valence-electron chi connectivity index (χ2n) is 7.25. The van der Waals surface area contributed by atoms with E-state index in [1.807, 2.05) is 54.6 Å². The van der Waals surface area contributed by atoms with Crippen LogP contribution in [0.2, 0.25) is 5.02 Å². The maximum absolute atomic E-state index is 12.7. The summed E-state index contributed by atoms with van der Waals surface area (Å²) in [4.78, 5) is 25.3. The molecule has 4 rings (SSSR count). The van der Waals surface area contributed by atoms with Gasteiger partial charge in [-0.2, -0.15) is 0 Å². The summed E-state index contributed by atoms with van der Waals surface area (Å²) in [6.07, 6.45) is 0.750. The van der Waals surface area contributed by atoms with Crippen LogP contribution in [0.4, 0.5) is 0 Å². The zero-order valence-electron chi connectivity index (χ0n) is 16.7. The Bertz CT molecular complexity index is 1240. The van der Waals surface area contributed by atoms with E-state index in [-0.39, 0.29) is 30.5 Å². The molecule has 1 amide bonds. The first-order chi connectivity index (χ1) is 15.1. The van der Waals surface area contributed by atoms with E-state index >= 15 is 0 Å². The van der Waals surface area contributed by atoms with Crippen LogP contribution < -0.4 is 10.9 Å². The van der Waals surface area contributed by atoms with Crippen LogP contribution >= 0.6 is 11.6 Å². The minimum absolute atomic E-state index is 0.122. The zero-order chi connectivity index (χ0) is 21.6. The molecule has 0 aliphatic carbocycles. The van der Waals surface area contributed by atoms with Gasteiger partial charge in [0.25, 0.3) is 5.56 Å². The predicted octanol–water partition coefficient (Wildman–Crippen LogP) is 3.94. The number of nitrogens with zero attached hydrogens (tertiary/aromatic N) is 3. The average molecular weight is 433 g/mol. The summed E-state index contributed by atoms with van der Waals surface area (Å²) in [5, 5.41) is 12.3. The van der Waals surface area contributed by atoms with Crippen molar-refractivity contribution in [2.45, 2.75) is 25.4 Å². The van der Waals surface area contributed by atoms with Crippen molar-refractivity contribution < 1.29 is 4.79 Å². The van der Waals surface area contributed by atoms with Gasteiger partial charge in [0.15, 0.2) is 0 Å². The van der Waals surface area contributed by atoms with Crippen LogP contribution in [-0.4, -0.2) is 20.9 Å². The molecule has 0 saturated heterocycles. The van der Waals surface area contributed by atoms with E-state index in [1.54, 1.807) is 24.3 Å². The third kappa shape index (κ3) is 5.16. The molecule has 1 N–H and O–H groups in total. The summed E-state index contributed by atoms with van der Waals surface area (Å²) in [5.41, 5.74) is 2.36. The Hall–Kier alpha value is -3.51. The molecular formula is C24H21ClN4O2. The summed E-state index contributed by atoms with van der Waals surface area (Å²) < 4.78 is 1.23. The Morgan fingerprint density at radius 2 is 1.68 bits per heavy atom. The number of hydrogen-bond acceptors (Lipinski definition) is 4. The monoisotopic (exact) mass is 432 g/mol. The number of amides is 1. The molecule has 0 radical (unpaired) electrons. The third-order valence-electron chi connectivity index (χ3n) is 5.07. The first-order valence-electron chi connectivity index (χ1n) is 10.0. The van der Waals surface area contributed by atoms with Gasteiger partial charge in [-0.3, -0.25) is 9.59 Å². The Kier molecular flexibility index (Phi) is 6.38. The highest BCUT2D eigenvalue weighted by Gasteiger charge is 2.16. The van der Waals surface area contributed by atoms with E-state index in [4.69, 9.17) is 11.6 Å². The van der Waals surface area contributed by atoms with Crippen LogP contribution in [0.3, 0.4) is 0 Å². The summed E-state index contributed by atoms with van der Waals surface area (Å²) in [5.74, 6) is -0.162. The summed E-state index contributed by atoms with van der Waals surface area (Å²) in [6, 6.07) is 24.2. The molecule has 3 aromatic carbocycles. The standard InChI is InChI=1S/C24H21ClN4O2/c25-19-12-10-17(11-13-19)16-22(18-6-2-1-3-7-18)26-23(30)14-15-29-24(31)20-8-4-5-9-21(20)27-28-29/h1-13,22H,14-16H2,(H,26,30). The van der Waals surface area contributed by atoms with Gasteiger partial charge in [0, 0.05) is 11.4 Å². The number of hydrogen-bond donors (Lipinski definition) is 1. The Morgan fingerprint density at radius 1 is 0.968 bits per heavy atom. The fourth-order valence-electron chi connectivity index (χ4n) is 3.44. The third-order valence-corrected chi connectivity index (χ3v) is 5.32. The van der Waals surface area contributed by atoms with Crippen LogP contribution in [0.5, 0.6) is 0 Å². The number of nitrogens with one attached hydrogen (secondary N) is 1. The van der Waals surface area contributed by atoms with Crippen molar-refractivity contribution in [2.75, 3.05) is 0 Å². The van der Waals surface area contributed by atoms with Crippen molar-refractivity contribution in [1.29, 1.82) is 0 Å². The number of fused-ring (bicyclic) bond motifs is 1. The highest BCUT2D eigenvalue weighted by atomic mass is 35.5. The normalized spacial score (nSPS) is 11.9. The molecule has 7 heteroatoms. The maximum atomic E-state index is 12.7. The number of carbonyl (C=O) groups excluding carboxylic acids is 1. The molecular weight excluding hydrogens is 412 g/mol. The lowest BCUT2D eigenvalue weighted by Gasteiger charge is -2.20. The van der Waals surface area contributed by atoms with Gasteiger partial charge in [-0.25, -0.2) is 4.68 Å². The number of aromatic nitrogens is 3. The van der Waals surface area contributed by atoms with Gasteiger partial charge in [-0.05, 0) is 41.8 Å². The SMILES string of the molecule is O=C(CCn1nnc2ccccc2c1=O)NC(Cc1ccc(Cl)cc1)c1ccccc1. The minimum Gasteiger partial charge on any atom is -0.349 e. The second kappa shape index (κ2) is 9.53. The van der Waals surface area contributed by atoms with Crippen LogP contribution in [0.15, 0.2) is 83.7 Å². The molecule has 0 aliphatic heterocycles. The van der Waals surface area contributed by atoms with Gasteiger partial charge in [-0.1, -0.05) is 71.4 Å². The molecule has 156 valence electrons. The lowest BCUT2D eigenvalue weighted by Crippen LogP contribution is -2.32. The Labute approximate surface area is 184 Å².